The normalized spacial score (nSPS) is 14.9. The molecule has 1 heterocycles. The Kier molecular flexibility index (Phi) is 6.40. The van der Waals surface area contributed by atoms with E-state index in [1.165, 1.54) is 0 Å². The van der Waals surface area contributed by atoms with Gasteiger partial charge in [0.05, 0.1) is 6.54 Å². The average Bonchev–Trinajstić information content (AvgIpc) is 2.51. The van der Waals surface area contributed by atoms with Gasteiger partial charge in [0.25, 0.3) is 0 Å². The van der Waals surface area contributed by atoms with E-state index >= 15 is 0 Å². The Labute approximate surface area is 137 Å². The molecule has 1 aliphatic rings. The molecule has 126 valence electrons. The Morgan fingerprint density at radius 3 is 2.65 bits per heavy atom. The van der Waals surface area contributed by atoms with Crippen LogP contribution in [-0.2, 0) is 9.59 Å². The molecule has 2 rings (SSSR count). The van der Waals surface area contributed by atoms with Crippen LogP contribution in [0.2, 0.25) is 0 Å². The molecule has 0 aromatic heterocycles. The van der Waals surface area contributed by atoms with Crippen LogP contribution in [0.4, 0.5) is 5.69 Å². The highest BCUT2D eigenvalue weighted by atomic mass is 16.5. The third kappa shape index (κ3) is 5.90. The van der Waals surface area contributed by atoms with Crippen molar-refractivity contribution in [1.29, 1.82) is 0 Å². The highest BCUT2D eigenvalue weighted by molar-refractivity contribution is 5.94. The number of carbonyl (C=O) groups is 2. The molecule has 0 radical (unpaired) electrons. The fourth-order valence-corrected chi connectivity index (χ4v) is 2.38. The molecule has 0 atom stereocenters. The quantitative estimate of drug-likeness (QED) is 0.829. The van der Waals surface area contributed by atoms with Gasteiger partial charge in [-0.1, -0.05) is 0 Å². The Balaban J connectivity index is 1.78. The zero-order valence-electron chi connectivity index (χ0n) is 13.9. The summed E-state index contributed by atoms with van der Waals surface area (Å²) < 4.78 is 5.61. The van der Waals surface area contributed by atoms with Crippen molar-refractivity contribution in [3.05, 3.63) is 24.3 Å². The van der Waals surface area contributed by atoms with Crippen molar-refractivity contribution in [3.8, 4) is 5.75 Å². The number of ether oxygens (including phenoxy) is 1. The van der Waals surface area contributed by atoms with Gasteiger partial charge in [0.15, 0.2) is 0 Å². The van der Waals surface area contributed by atoms with E-state index in [9.17, 15) is 9.59 Å². The standard InChI is InChI=1S/C17H25N3O3/c1-19(2)11-12-23-15-8-6-14(7-9-15)18-16(21)13-20-10-4-3-5-17(20)22/h6-9H,3-5,10-13H2,1-2H3,(H,18,21). The fraction of sp³-hybridized carbons (Fsp3) is 0.529. The summed E-state index contributed by atoms with van der Waals surface area (Å²) in [5.41, 5.74) is 0.708. The van der Waals surface area contributed by atoms with E-state index in [0.29, 0.717) is 25.3 Å². The molecule has 0 bridgehead atoms. The van der Waals surface area contributed by atoms with Crippen LogP contribution in [0.15, 0.2) is 24.3 Å². The third-order valence-electron chi connectivity index (χ3n) is 3.70. The van der Waals surface area contributed by atoms with E-state index < -0.39 is 0 Å². The summed E-state index contributed by atoms with van der Waals surface area (Å²) in [6.45, 7) is 2.27. The molecule has 0 aliphatic carbocycles. The summed E-state index contributed by atoms with van der Waals surface area (Å²) in [5.74, 6) is 0.675. The maximum absolute atomic E-state index is 12.0. The Hall–Kier alpha value is -2.08. The molecular formula is C17H25N3O3. The minimum atomic E-state index is -0.165. The fourth-order valence-electron chi connectivity index (χ4n) is 2.38. The summed E-state index contributed by atoms with van der Waals surface area (Å²) in [6, 6.07) is 7.27. The monoisotopic (exact) mass is 319 g/mol. The lowest BCUT2D eigenvalue weighted by atomic mass is 10.1. The first-order chi connectivity index (χ1) is 11.0. The molecule has 1 aliphatic heterocycles. The van der Waals surface area contributed by atoms with Gasteiger partial charge in [0.1, 0.15) is 12.4 Å². The maximum atomic E-state index is 12.0. The molecule has 23 heavy (non-hydrogen) atoms. The minimum absolute atomic E-state index is 0.0658. The predicted molar refractivity (Wildman–Crippen MR) is 89.6 cm³/mol. The number of piperidine rings is 1. The number of rotatable bonds is 7. The number of benzene rings is 1. The number of likely N-dealkylation sites (tertiary alicyclic amines) is 1. The summed E-state index contributed by atoms with van der Waals surface area (Å²) in [5, 5.41) is 2.81. The summed E-state index contributed by atoms with van der Waals surface area (Å²) in [4.78, 5) is 27.4. The lowest BCUT2D eigenvalue weighted by molar-refractivity contribution is -0.136. The highest BCUT2D eigenvalue weighted by Crippen LogP contribution is 2.16. The Morgan fingerprint density at radius 2 is 2.00 bits per heavy atom. The lowest BCUT2D eigenvalue weighted by Gasteiger charge is -2.25. The van der Waals surface area contributed by atoms with Crippen molar-refractivity contribution in [2.24, 2.45) is 0 Å². The van der Waals surface area contributed by atoms with Crippen molar-refractivity contribution in [2.45, 2.75) is 19.3 Å². The first kappa shape index (κ1) is 17.3. The topological polar surface area (TPSA) is 61.9 Å². The Morgan fingerprint density at radius 1 is 1.26 bits per heavy atom. The number of nitrogens with one attached hydrogen (secondary N) is 1. The molecule has 1 N–H and O–H groups in total. The van der Waals surface area contributed by atoms with Gasteiger partial charge in [-0.3, -0.25) is 9.59 Å². The van der Waals surface area contributed by atoms with Crippen LogP contribution in [0.3, 0.4) is 0 Å². The summed E-state index contributed by atoms with van der Waals surface area (Å²) in [7, 11) is 3.99. The van der Waals surface area contributed by atoms with E-state index in [1.807, 2.05) is 26.2 Å². The zero-order chi connectivity index (χ0) is 16.7. The zero-order valence-corrected chi connectivity index (χ0v) is 13.9. The second-order valence-corrected chi connectivity index (χ2v) is 6.00. The molecule has 0 spiro atoms. The van der Waals surface area contributed by atoms with Gasteiger partial charge in [-0.15, -0.1) is 0 Å². The minimum Gasteiger partial charge on any atom is -0.492 e. The molecule has 1 aromatic carbocycles. The van der Waals surface area contributed by atoms with Gasteiger partial charge in [-0.25, -0.2) is 0 Å². The maximum Gasteiger partial charge on any atom is 0.243 e. The molecule has 6 nitrogen and oxygen atoms in total. The molecular weight excluding hydrogens is 294 g/mol. The molecule has 1 saturated heterocycles. The number of nitrogens with zero attached hydrogens (tertiary/aromatic N) is 2. The molecule has 1 fully saturated rings. The van der Waals surface area contributed by atoms with Gasteiger partial charge < -0.3 is 19.9 Å². The first-order valence-corrected chi connectivity index (χ1v) is 8.00. The van der Waals surface area contributed by atoms with Gasteiger partial charge >= 0.3 is 0 Å². The molecule has 6 heteroatoms. The van der Waals surface area contributed by atoms with Crippen LogP contribution in [0, 0.1) is 0 Å². The molecule has 2 amide bonds. The van der Waals surface area contributed by atoms with Crippen molar-refractivity contribution in [2.75, 3.05) is 45.7 Å². The van der Waals surface area contributed by atoms with E-state index in [0.717, 1.165) is 25.1 Å². The Bertz CT molecular complexity index is 528. The van der Waals surface area contributed by atoms with Gasteiger partial charge in [-0.05, 0) is 51.2 Å². The lowest BCUT2D eigenvalue weighted by Crippen LogP contribution is -2.40. The smallest absolute Gasteiger partial charge is 0.243 e. The number of likely N-dealkylation sites (N-methyl/N-ethyl adjacent to an activating group) is 1. The van der Waals surface area contributed by atoms with Crippen LogP contribution in [-0.4, -0.2) is 62.0 Å². The van der Waals surface area contributed by atoms with E-state index in [2.05, 4.69) is 10.2 Å². The van der Waals surface area contributed by atoms with Gasteiger partial charge in [-0.2, -0.15) is 0 Å². The van der Waals surface area contributed by atoms with Crippen LogP contribution in [0.5, 0.6) is 5.75 Å². The van der Waals surface area contributed by atoms with Crippen molar-refractivity contribution in [1.82, 2.24) is 9.80 Å². The number of carbonyl (C=O) groups excluding carboxylic acids is 2. The molecule has 1 aromatic rings. The highest BCUT2D eigenvalue weighted by Gasteiger charge is 2.20. The molecule has 0 unspecified atom stereocenters. The largest absolute Gasteiger partial charge is 0.492 e. The first-order valence-electron chi connectivity index (χ1n) is 8.00. The van der Waals surface area contributed by atoms with Crippen LogP contribution >= 0.6 is 0 Å². The van der Waals surface area contributed by atoms with E-state index in [1.54, 1.807) is 17.0 Å². The summed E-state index contributed by atoms with van der Waals surface area (Å²) in [6.07, 6.45) is 2.44. The SMILES string of the molecule is CN(C)CCOc1ccc(NC(=O)CN2CCCCC2=O)cc1. The van der Waals surface area contributed by atoms with E-state index in [4.69, 9.17) is 4.74 Å². The van der Waals surface area contributed by atoms with Crippen molar-refractivity contribution >= 4 is 17.5 Å². The van der Waals surface area contributed by atoms with Crippen LogP contribution in [0.25, 0.3) is 0 Å². The predicted octanol–water partition coefficient (Wildman–Crippen LogP) is 1.58. The average molecular weight is 319 g/mol. The van der Waals surface area contributed by atoms with Crippen molar-refractivity contribution in [3.63, 3.8) is 0 Å². The number of anilines is 1. The second-order valence-electron chi connectivity index (χ2n) is 6.00. The van der Waals surface area contributed by atoms with Crippen molar-refractivity contribution < 1.29 is 14.3 Å². The van der Waals surface area contributed by atoms with Gasteiger partial charge in [0.2, 0.25) is 11.8 Å². The van der Waals surface area contributed by atoms with E-state index in [-0.39, 0.29) is 18.4 Å². The number of hydrogen-bond donors (Lipinski definition) is 1. The van der Waals surface area contributed by atoms with Crippen LogP contribution < -0.4 is 10.1 Å². The number of amides is 2. The van der Waals surface area contributed by atoms with Gasteiger partial charge in [0, 0.05) is 25.2 Å². The summed E-state index contributed by atoms with van der Waals surface area (Å²) >= 11 is 0. The molecule has 0 saturated carbocycles. The number of hydrogen-bond acceptors (Lipinski definition) is 4. The third-order valence-corrected chi connectivity index (χ3v) is 3.70. The van der Waals surface area contributed by atoms with Crippen LogP contribution in [0.1, 0.15) is 19.3 Å². The second kappa shape index (κ2) is 8.53.